The van der Waals surface area contributed by atoms with Crippen molar-refractivity contribution in [2.45, 2.75) is 32.7 Å². The zero-order chi connectivity index (χ0) is 22.1. The van der Waals surface area contributed by atoms with Gasteiger partial charge in [0.05, 0.1) is 17.6 Å². The van der Waals surface area contributed by atoms with Gasteiger partial charge >= 0.3 is 0 Å². The van der Waals surface area contributed by atoms with Gasteiger partial charge in [-0.25, -0.2) is 4.98 Å². The maximum Gasteiger partial charge on any atom is 0.227 e. The van der Waals surface area contributed by atoms with Gasteiger partial charge in [0.1, 0.15) is 18.2 Å². The second kappa shape index (κ2) is 8.50. The number of hydrogen-bond donors (Lipinski definition) is 0. The van der Waals surface area contributed by atoms with Gasteiger partial charge in [0, 0.05) is 24.6 Å². The molecule has 1 amide bonds. The Kier molecular flexibility index (Phi) is 5.39. The zero-order valence-electron chi connectivity index (χ0n) is 18.5. The van der Waals surface area contributed by atoms with E-state index in [0.717, 1.165) is 39.4 Å². The molecule has 0 bridgehead atoms. The van der Waals surface area contributed by atoms with Crippen molar-refractivity contribution in [1.82, 2.24) is 9.55 Å². The van der Waals surface area contributed by atoms with Crippen molar-refractivity contribution in [3.8, 4) is 5.75 Å². The quantitative estimate of drug-likeness (QED) is 0.424. The highest BCUT2D eigenvalue weighted by molar-refractivity contribution is 5.96. The lowest BCUT2D eigenvalue weighted by Crippen LogP contribution is -2.24. The van der Waals surface area contributed by atoms with E-state index in [1.807, 2.05) is 53.4 Å². The molecule has 1 aliphatic rings. The molecule has 5 rings (SSSR count). The fourth-order valence-electron chi connectivity index (χ4n) is 4.53. The summed E-state index contributed by atoms with van der Waals surface area (Å²) in [6, 6.07) is 24.4. The van der Waals surface area contributed by atoms with Crippen LogP contribution in [0.2, 0.25) is 0 Å². The van der Waals surface area contributed by atoms with Crippen LogP contribution in [-0.4, -0.2) is 28.6 Å². The van der Waals surface area contributed by atoms with Crippen molar-refractivity contribution in [3.05, 3.63) is 89.7 Å². The number of rotatable bonds is 6. The molecule has 2 heterocycles. The molecule has 5 nitrogen and oxygen atoms in total. The molecular formula is C27H27N3O2. The van der Waals surface area contributed by atoms with E-state index in [1.165, 1.54) is 0 Å². The molecule has 1 aliphatic heterocycles. The van der Waals surface area contributed by atoms with Crippen LogP contribution in [0.3, 0.4) is 0 Å². The van der Waals surface area contributed by atoms with Crippen molar-refractivity contribution >= 4 is 22.6 Å². The highest BCUT2D eigenvalue weighted by Gasteiger charge is 2.34. The molecule has 162 valence electrons. The molecule has 1 fully saturated rings. The van der Waals surface area contributed by atoms with Gasteiger partial charge in [0.15, 0.2) is 0 Å². The highest BCUT2D eigenvalue weighted by atomic mass is 16.5. The van der Waals surface area contributed by atoms with Crippen molar-refractivity contribution in [2.75, 3.05) is 18.1 Å². The van der Waals surface area contributed by atoms with Crippen molar-refractivity contribution in [2.24, 2.45) is 0 Å². The first-order valence-electron chi connectivity index (χ1n) is 11.1. The number of ether oxygens (including phenoxy) is 1. The molecular weight excluding hydrogens is 398 g/mol. The van der Waals surface area contributed by atoms with Gasteiger partial charge in [-0.05, 0) is 55.3 Å². The van der Waals surface area contributed by atoms with E-state index in [1.54, 1.807) is 0 Å². The van der Waals surface area contributed by atoms with Crippen molar-refractivity contribution in [1.29, 1.82) is 0 Å². The largest absolute Gasteiger partial charge is 0.491 e. The molecule has 5 heteroatoms. The van der Waals surface area contributed by atoms with Crippen LogP contribution in [0.25, 0.3) is 11.0 Å². The summed E-state index contributed by atoms with van der Waals surface area (Å²) in [6.45, 7) is 5.97. The highest BCUT2D eigenvalue weighted by Crippen LogP contribution is 2.33. The smallest absolute Gasteiger partial charge is 0.227 e. The fourth-order valence-corrected chi connectivity index (χ4v) is 4.53. The van der Waals surface area contributed by atoms with Crippen LogP contribution >= 0.6 is 0 Å². The maximum atomic E-state index is 12.9. The topological polar surface area (TPSA) is 47.4 Å². The van der Waals surface area contributed by atoms with E-state index in [-0.39, 0.29) is 11.8 Å². The Bertz CT molecular complexity index is 1280. The Balaban J connectivity index is 1.41. The minimum Gasteiger partial charge on any atom is -0.491 e. The van der Waals surface area contributed by atoms with E-state index >= 15 is 0 Å². The summed E-state index contributed by atoms with van der Waals surface area (Å²) in [5.74, 6) is 2.06. The second-order valence-electron chi connectivity index (χ2n) is 8.47. The Hall–Kier alpha value is -3.60. The van der Waals surface area contributed by atoms with Gasteiger partial charge in [0.25, 0.3) is 0 Å². The number of hydrogen-bond acceptors (Lipinski definition) is 3. The SMILES string of the molecule is Cc1cccc(N2CC(c3nc4ccccc4n3CCOc3ccccc3C)CC2=O)c1. The first-order chi connectivity index (χ1) is 15.6. The second-order valence-corrected chi connectivity index (χ2v) is 8.47. The predicted octanol–water partition coefficient (Wildman–Crippen LogP) is 5.25. The third-order valence-electron chi connectivity index (χ3n) is 6.15. The standard InChI is InChI=1S/C27H27N3O2/c1-19-8-7-10-22(16-19)30-18-21(17-26(30)31)27-28-23-11-4-5-12-24(23)29(27)14-15-32-25-13-6-3-9-20(25)2/h3-13,16,21H,14-15,17-18H2,1-2H3. The number of aromatic nitrogens is 2. The number of amides is 1. The van der Waals surface area contributed by atoms with Crippen LogP contribution in [0.4, 0.5) is 5.69 Å². The van der Waals surface area contributed by atoms with Crippen LogP contribution in [0, 0.1) is 13.8 Å². The minimum absolute atomic E-state index is 0.0499. The monoisotopic (exact) mass is 425 g/mol. The van der Waals surface area contributed by atoms with Gasteiger partial charge in [0.2, 0.25) is 5.91 Å². The zero-order valence-corrected chi connectivity index (χ0v) is 18.5. The summed E-state index contributed by atoms with van der Waals surface area (Å²) in [4.78, 5) is 19.7. The summed E-state index contributed by atoms with van der Waals surface area (Å²) in [6.07, 6.45) is 0.468. The van der Waals surface area contributed by atoms with E-state index in [0.29, 0.717) is 26.1 Å². The van der Waals surface area contributed by atoms with Crippen LogP contribution in [0.5, 0.6) is 5.75 Å². The Morgan fingerprint density at radius 1 is 1.00 bits per heavy atom. The van der Waals surface area contributed by atoms with Crippen LogP contribution in [-0.2, 0) is 11.3 Å². The summed E-state index contributed by atoms with van der Waals surface area (Å²) in [5, 5.41) is 0. The average molecular weight is 426 g/mol. The molecule has 0 spiro atoms. The Labute approximate surface area is 188 Å². The van der Waals surface area contributed by atoms with Crippen LogP contribution in [0.15, 0.2) is 72.8 Å². The molecule has 3 aromatic carbocycles. The first kappa shape index (κ1) is 20.3. The molecule has 1 unspecified atom stereocenters. The van der Waals surface area contributed by atoms with Crippen LogP contribution < -0.4 is 9.64 Å². The number of aryl methyl sites for hydroxylation is 2. The Morgan fingerprint density at radius 2 is 1.81 bits per heavy atom. The molecule has 1 aromatic heterocycles. The number of imidazole rings is 1. The van der Waals surface area contributed by atoms with Gasteiger partial charge in [-0.15, -0.1) is 0 Å². The van der Waals surface area contributed by atoms with Crippen molar-refractivity contribution in [3.63, 3.8) is 0 Å². The van der Waals surface area contributed by atoms with E-state index in [4.69, 9.17) is 9.72 Å². The van der Waals surface area contributed by atoms with E-state index in [9.17, 15) is 4.79 Å². The van der Waals surface area contributed by atoms with E-state index < -0.39 is 0 Å². The van der Waals surface area contributed by atoms with Gasteiger partial charge in [-0.3, -0.25) is 4.79 Å². The maximum absolute atomic E-state index is 12.9. The van der Waals surface area contributed by atoms with E-state index in [2.05, 4.69) is 42.7 Å². The fraction of sp³-hybridized carbons (Fsp3) is 0.259. The number of fused-ring (bicyclic) bond motifs is 1. The average Bonchev–Trinajstić information content (AvgIpc) is 3.36. The lowest BCUT2D eigenvalue weighted by Gasteiger charge is -2.18. The summed E-state index contributed by atoms with van der Waals surface area (Å²) in [7, 11) is 0. The number of anilines is 1. The molecule has 32 heavy (non-hydrogen) atoms. The van der Waals surface area contributed by atoms with Gasteiger partial charge < -0.3 is 14.2 Å². The van der Waals surface area contributed by atoms with Gasteiger partial charge in [-0.1, -0.05) is 42.5 Å². The predicted molar refractivity (Wildman–Crippen MR) is 127 cm³/mol. The molecule has 4 aromatic rings. The third kappa shape index (κ3) is 3.86. The van der Waals surface area contributed by atoms with Crippen LogP contribution in [0.1, 0.15) is 29.3 Å². The number of nitrogens with zero attached hydrogens (tertiary/aromatic N) is 3. The molecule has 1 saturated heterocycles. The first-order valence-corrected chi connectivity index (χ1v) is 11.1. The summed E-state index contributed by atoms with van der Waals surface area (Å²) in [5.41, 5.74) is 5.28. The molecule has 0 saturated carbocycles. The Morgan fingerprint density at radius 3 is 2.66 bits per heavy atom. The molecule has 0 aliphatic carbocycles. The summed E-state index contributed by atoms with van der Waals surface area (Å²) >= 11 is 0. The number of carbonyl (C=O) groups is 1. The number of benzene rings is 3. The molecule has 0 radical (unpaired) electrons. The van der Waals surface area contributed by atoms with Gasteiger partial charge in [-0.2, -0.15) is 0 Å². The lowest BCUT2D eigenvalue weighted by molar-refractivity contribution is -0.117. The minimum atomic E-state index is 0.0499. The third-order valence-corrected chi connectivity index (χ3v) is 6.15. The van der Waals surface area contributed by atoms with Crippen molar-refractivity contribution < 1.29 is 9.53 Å². The lowest BCUT2D eigenvalue weighted by atomic mass is 10.1. The molecule has 0 N–H and O–H groups in total. The molecule has 1 atom stereocenters. The number of carbonyl (C=O) groups excluding carboxylic acids is 1. The summed E-state index contributed by atoms with van der Waals surface area (Å²) < 4.78 is 8.30. The normalized spacial score (nSPS) is 16.1. The number of para-hydroxylation sites is 3.